The summed E-state index contributed by atoms with van der Waals surface area (Å²) in [5, 5.41) is 2.74. The predicted octanol–water partition coefficient (Wildman–Crippen LogP) is 5.42. The third-order valence-corrected chi connectivity index (χ3v) is 6.52. The summed E-state index contributed by atoms with van der Waals surface area (Å²) in [5.74, 6) is 0.335. The van der Waals surface area contributed by atoms with Crippen molar-refractivity contribution in [3.63, 3.8) is 0 Å². The number of ether oxygens (including phenoxy) is 1. The highest BCUT2D eigenvalue weighted by Gasteiger charge is 2.19. The molecule has 0 heterocycles. The number of carbonyl (C=O) groups is 1. The van der Waals surface area contributed by atoms with Gasteiger partial charge in [0.15, 0.2) is 6.61 Å². The average molecular weight is 467 g/mol. The van der Waals surface area contributed by atoms with E-state index < -0.39 is 10.0 Å². The molecule has 2 N–H and O–H groups in total. The molecular formula is C26H30N2O4S. The Labute approximate surface area is 196 Å². The quantitative estimate of drug-likeness (QED) is 0.487. The first-order valence-electron chi connectivity index (χ1n) is 10.7. The second-order valence-corrected chi connectivity index (χ2v) is 10.7. The number of benzene rings is 3. The van der Waals surface area contributed by atoms with E-state index >= 15 is 0 Å². The summed E-state index contributed by atoms with van der Waals surface area (Å²) in [6, 6.07) is 19.2. The van der Waals surface area contributed by atoms with Gasteiger partial charge in [0.1, 0.15) is 5.75 Å². The number of nitrogens with one attached hydrogen (secondary N) is 2. The maximum atomic E-state index is 12.8. The first-order valence-corrected chi connectivity index (χ1v) is 12.2. The van der Waals surface area contributed by atoms with Gasteiger partial charge in [0.05, 0.1) is 10.6 Å². The second kappa shape index (κ2) is 9.67. The van der Waals surface area contributed by atoms with Crippen LogP contribution in [0.2, 0.25) is 0 Å². The van der Waals surface area contributed by atoms with E-state index in [0.717, 1.165) is 16.7 Å². The van der Waals surface area contributed by atoms with Gasteiger partial charge in [0, 0.05) is 5.69 Å². The van der Waals surface area contributed by atoms with Crippen molar-refractivity contribution in [3.8, 4) is 5.75 Å². The summed E-state index contributed by atoms with van der Waals surface area (Å²) in [6.07, 6.45) is 0. The van der Waals surface area contributed by atoms with Crippen LogP contribution in [0.3, 0.4) is 0 Å². The Morgan fingerprint density at radius 3 is 2.27 bits per heavy atom. The molecule has 0 atom stereocenters. The molecule has 3 aromatic rings. The minimum absolute atomic E-state index is 0.108. The number of anilines is 2. The van der Waals surface area contributed by atoms with Crippen molar-refractivity contribution in [1.82, 2.24) is 0 Å². The lowest BCUT2D eigenvalue weighted by molar-refractivity contribution is -0.118. The van der Waals surface area contributed by atoms with E-state index in [-0.39, 0.29) is 22.8 Å². The Hall–Kier alpha value is -3.32. The molecule has 174 valence electrons. The van der Waals surface area contributed by atoms with Crippen molar-refractivity contribution in [3.05, 3.63) is 83.4 Å². The number of hydrogen-bond acceptors (Lipinski definition) is 4. The van der Waals surface area contributed by atoms with Gasteiger partial charge < -0.3 is 10.1 Å². The van der Waals surface area contributed by atoms with E-state index in [9.17, 15) is 13.2 Å². The van der Waals surface area contributed by atoms with Crippen LogP contribution in [0, 0.1) is 13.8 Å². The minimum Gasteiger partial charge on any atom is -0.483 e. The van der Waals surface area contributed by atoms with Gasteiger partial charge in [-0.25, -0.2) is 8.42 Å². The number of aryl methyl sites for hydroxylation is 2. The molecule has 3 aromatic carbocycles. The molecule has 0 bridgehead atoms. The fourth-order valence-electron chi connectivity index (χ4n) is 3.32. The highest BCUT2D eigenvalue weighted by molar-refractivity contribution is 7.92. The zero-order valence-corrected chi connectivity index (χ0v) is 20.4. The van der Waals surface area contributed by atoms with Gasteiger partial charge >= 0.3 is 0 Å². The van der Waals surface area contributed by atoms with Crippen LogP contribution in [-0.2, 0) is 20.2 Å². The second-order valence-electron chi connectivity index (χ2n) is 9.03. The van der Waals surface area contributed by atoms with Crippen molar-refractivity contribution in [1.29, 1.82) is 0 Å². The van der Waals surface area contributed by atoms with Crippen LogP contribution >= 0.6 is 0 Å². The third kappa shape index (κ3) is 6.35. The van der Waals surface area contributed by atoms with Gasteiger partial charge in [-0.2, -0.15) is 0 Å². The smallest absolute Gasteiger partial charge is 0.262 e. The van der Waals surface area contributed by atoms with Gasteiger partial charge in [0.25, 0.3) is 15.9 Å². The van der Waals surface area contributed by atoms with Crippen LogP contribution in [0.25, 0.3) is 0 Å². The molecule has 0 fully saturated rings. The molecule has 0 saturated carbocycles. The Kier molecular flexibility index (Phi) is 7.12. The maximum absolute atomic E-state index is 12.8. The molecule has 0 unspecified atom stereocenters. The lowest BCUT2D eigenvalue weighted by Gasteiger charge is -2.22. The molecule has 1 amide bonds. The summed E-state index contributed by atoms with van der Waals surface area (Å²) in [6.45, 7) is 9.85. The average Bonchev–Trinajstić information content (AvgIpc) is 2.74. The van der Waals surface area contributed by atoms with Crippen molar-refractivity contribution < 1.29 is 17.9 Å². The van der Waals surface area contributed by atoms with Crippen LogP contribution < -0.4 is 14.8 Å². The van der Waals surface area contributed by atoms with Crippen molar-refractivity contribution >= 4 is 27.3 Å². The Balaban J connectivity index is 1.64. The fourth-order valence-corrected chi connectivity index (χ4v) is 4.44. The summed E-state index contributed by atoms with van der Waals surface area (Å²) >= 11 is 0. The molecular weight excluding hydrogens is 436 g/mol. The highest BCUT2D eigenvalue weighted by atomic mass is 32.2. The first kappa shape index (κ1) is 24.3. The molecule has 0 aliphatic rings. The van der Waals surface area contributed by atoms with Gasteiger partial charge in [0.2, 0.25) is 0 Å². The van der Waals surface area contributed by atoms with Crippen molar-refractivity contribution in [2.45, 2.75) is 44.9 Å². The van der Waals surface area contributed by atoms with Crippen LogP contribution in [0.15, 0.2) is 71.6 Å². The Morgan fingerprint density at radius 1 is 0.939 bits per heavy atom. The first-order chi connectivity index (χ1) is 15.5. The molecule has 7 heteroatoms. The monoisotopic (exact) mass is 466 g/mol. The molecule has 33 heavy (non-hydrogen) atoms. The van der Waals surface area contributed by atoms with Gasteiger partial charge in [-0.1, -0.05) is 51.1 Å². The third-order valence-electron chi connectivity index (χ3n) is 5.14. The van der Waals surface area contributed by atoms with Crippen LogP contribution in [0.5, 0.6) is 5.75 Å². The topological polar surface area (TPSA) is 84.5 Å². The lowest BCUT2D eigenvalue weighted by atomic mass is 9.86. The van der Waals surface area contributed by atoms with Crippen LogP contribution in [0.1, 0.15) is 37.5 Å². The number of amides is 1. The summed E-state index contributed by atoms with van der Waals surface area (Å²) in [7, 11) is -3.75. The minimum atomic E-state index is -3.75. The normalized spacial score (nSPS) is 11.7. The van der Waals surface area contributed by atoms with Gasteiger partial charge in [-0.3, -0.25) is 9.52 Å². The van der Waals surface area contributed by atoms with E-state index in [2.05, 4.69) is 30.8 Å². The zero-order valence-electron chi connectivity index (χ0n) is 19.6. The number of hydrogen-bond donors (Lipinski definition) is 2. The number of para-hydroxylation sites is 1. The van der Waals surface area contributed by atoms with Crippen molar-refractivity contribution in [2.24, 2.45) is 0 Å². The molecule has 0 aliphatic carbocycles. The number of carbonyl (C=O) groups excluding carboxylic acids is 1. The number of rotatable bonds is 7. The highest BCUT2D eigenvalue weighted by Crippen LogP contribution is 2.31. The molecule has 0 saturated heterocycles. The van der Waals surface area contributed by atoms with E-state index in [1.54, 1.807) is 18.2 Å². The summed E-state index contributed by atoms with van der Waals surface area (Å²) in [4.78, 5) is 12.5. The van der Waals surface area contributed by atoms with E-state index in [1.807, 2.05) is 50.2 Å². The van der Waals surface area contributed by atoms with Gasteiger partial charge in [-0.15, -0.1) is 0 Å². The largest absolute Gasteiger partial charge is 0.483 e. The summed E-state index contributed by atoms with van der Waals surface area (Å²) in [5.41, 5.74) is 3.73. The molecule has 0 aliphatic heterocycles. The van der Waals surface area contributed by atoms with E-state index in [1.165, 1.54) is 12.1 Å². The SMILES string of the molecule is Cc1ccc(C)c(NS(=O)(=O)c2ccc(NC(=O)COc3ccccc3C(C)(C)C)cc2)c1. The zero-order chi connectivity index (χ0) is 24.2. The molecule has 0 radical (unpaired) electrons. The Morgan fingerprint density at radius 2 is 1.61 bits per heavy atom. The molecule has 6 nitrogen and oxygen atoms in total. The Bertz CT molecular complexity index is 1240. The lowest BCUT2D eigenvalue weighted by Crippen LogP contribution is -2.22. The van der Waals surface area contributed by atoms with E-state index in [4.69, 9.17) is 4.74 Å². The molecule has 3 rings (SSSR count). The van der Waals surface area contributed by atoms with Crippen LogP contribution in [0.4, 0.5) is 11.4 Å². The van der Waals surface area contributed by atoms with E-state index in [0.29, 0.717) is 17.1 Å². The van der Waals surface area contributed by atoms with Crippen LogP contribution in [-0.4, -0.2) is 20.9 Å². The summed E-state index contributed by atoms with van der Waals surface area (Å²) < 4.78 is 33.9. The number of sulfonamides is 1. The van der Waals surface area contributed by atoms with Crippen molar-refractivity contribution in [2.75, 3.05) is 16.6 Å². The van der Waals surface area contributed by atoms with Gasteiger partial charge in [-0.05, 0) is 72.4 Å². The maximum Gasteiger partial charge on any atom is 0.262 e. The molecule has 0 aromatic heterocycles. The fraction of sp³-hybridized carbons (Fsp3) is 0.269. The predicted molar refractivity (Wildman–Crippen MR) is 132 cm³/mol. The molecule has 0 spiro atoms. The standard InChI is InChI=1S/C26H30N2O4S/c1-18-10-11-19(2)23(16-18)28-33(30,31)21-14-12-20(13-15-21)27-25(29)17-32-24-9-7-6-8-22(24)26(3,4)5/h6-16,28H,17H2,1-5H3,(H,27,29).